The molecule has 0 heterocycles. The predicted octanol–water partition coefficient (Wildman–Crippen LogP) is 2.75. The van der Waals surface area contributed by atoms with E-state index < -0.39 is 0 Å². The molecule has 1 aliphatic rings. The zero-order valence-corrected chi connectivity index (χ0v) is 10.2. The Morgan fingerprint density at radius 2 is 2.00 bits per heavy atom. The van der Waals surface area contributed by atoms with Gasteiger partial charge in [0.15, 0.2) is 0 Å². The van der Waals surface area contributed by atoms with Gasteiger partial charge in [0.1, 0.15) is 0 Å². The van der Waals surface area contributed by atoms with Crippen LogP contribution in [0.25, 0.3) is 0 Å². The van der Waals surface area contributed by atoms with Crippen molar-refractivity contribution in [2.24, 2.45) is 0 Å². The molecule has 0 unspecified atom stereocenters. The number of hydrogen-bond acceptors (Lipinski definition) is 1. The summed E-state index contributed by atoms with van der Waals surface area (Å²) in [7, 11) is 0. The van der Waals surface area contributed by atoms with Crippen LogP contribution >= 0.6 is 11.6 Å². The average molecular weight is 238 g/mol. The van der Waals surface area contributed by atoms with E-state index >= 15 is 0 Å². The highest BCUT2D eigenvalue weighted by Crippen LogP contribution is 2.36. The minimum Gasteiger partial charge on any atom is -0.345 e. The molecule has 1 N–H and O–H groups in total. The van der Waals surface area contributed by atoms with Gasteiger partial charge in [-0.1, -0.05) is 19.1 Å². The van der Waals surface area contributed by atoms with Gasteiger partial charge in [-0.15, -0.1) is 11.6 Å². The molecule has 1 aliphatic carbocycles. The average Bonchev–Trinajstić information content (AvgIpc) is 3.09. The van der Waals surface area contributed by atoms with E-state index in [-0.39, 0.29) is 11.4 Å². The normalized spacial score (nSPS) is 16.9. The molecule has 0 radical (unpaired) electrons. The topological polar surface area (TPSA) is 29.1 Å². The standard InChI is InChI=1S/C13H16ClNO/c1-2-10-3-5-11(6-4-10)12(16)15-13(9-14)7-8-13/h3-6H,2,7-9H2,1H3,(H,15,16). The van der Waals surface area contributed by atoms with Crippen LogP contribution in [0.1, 0.15) is 35.7 Å². The zero-order valence-electron chi connectivity index (χ0n) is 9.42. The Morgan fingerprint density at radius 3 is 2.44 bits per heavy atom. The van der Waals surface area contributed by atoms with E-state index in [9.17, 15) is 4.79 Å². The Morgan fingerprint density at radius 1 is 1.38 bits per heavy atom. The van der Waals surface area contributed by atoms with Crippen LogP contribution in [-0.2, 0) is 6.42 Å². The number of rotatable bonds is 4. The van der Waals surface area contributed by atoms with Gasteiger partial charge >= 0.3 is 0 Å². The van der Waals surface area contributed by atoms with Crippen LogP contribution in [0.4, 0.5) is 0 Å². The molecular weight excluding hydrogens is 222 g/mol. The Hall–Kier alpha value is -1.02. The van der Waals surface area contributed by atoms with Crippen LogP contribution in [0.3, 0.4) is 0 Å². The summed E-state index contributed by atoms with van der Waals surface area (Å²) >= 11 is 5.82. The van der Waals surface area contributed by atoms with E-state index in [0.29, 0.717) is 11.4 Å². The maximum Gasteiger partial charge on any atom is 0.251 e. The van der Waals surface area contributed by atoms with Gasteiger partial charge in [-0.05, 0) is 37.0 Å². The van der Waals surface area contributed by atoms with Crippen LogP contribution < -0.4 is 5.32 Å². The summed E-state index contributed by atoms with van der Waals surface area (Å²) < 4.78 is 0. The number of nitrogens with one attached hydrogen (secondary N) is 1. The molecule has 1 fully saturated rings. The summed E-state index contributed by atoms with van der Waals surface area (Å²) in [5.74, 6) is 0.493. The molecule has 16 heavy (non-hydrogen) atoms. The number of benzene rings is 1. The maximum absolute atomic E-state index is 11.9. The Balaban J connectivity index is 2.03. The second kappa shape index (κ2) is 4.46. The summed E-state index contributed by atoms with van der Waals surface area (Å²) in [4.78, 5) is 11.9. The van der Waals surface area contributed by atoms with E-state index in [2.05, 4.69) is 12.2 Å². The predicted molar refractivity (Wildman–Crippen MR) is 66.0 cm³/mol. The van der Waals surface area contributed by atoms with Gasteiger partial charge in [0.2, 0.25) is 0 Å². The van der Waals surface area contributed by atoms with Gasteiger partial charge < -0.3 is 5.32 Å². The Kier molecular flexibility index (Phi) is 3.20. The van der Waals surface area contributed by atoms with Gasteiger partial charge in [0, 0.05) is 11.4 Å². The van der Waals surface area contributed by atoms with Crippen molar-refractivity contribution >= 4 is 17.5 Å². The monoisotopic (exact) mass is 237 g/mol. The molecule has 86 valence electrons. The summed E-state index contributed by atoms with van der Waals surface area (Å²) in [5.41, 5.74) is 1.84. The number of halogens is 1. The molecule has 0 aromatic heterocycles. The quantitative estimate of drug-likeness (QED) is 0.802. The first kappa shape index (κ1) is 11.5. The van der Waals surface area contributed by atoms with Gasteiger partial charge in [0.25, 0.3) is 5.91 Å². The molecule has 2 nitrogen and oxygen atoms in total. The van der Waals surface area contributed by atoms with Crippen molar-refractivity contribution in [3.63, 3.8) is 0 Å². The lowest BCUT2D eigenvalue weighted by Crippen LogP contribution is -2.38. The lowest BCUT2D eigenvalue weighted by Gasteiger charge is -2.13. The minimum absolute atomic E-state index is 0.0131. The number of carbonyl (C=O) groups is 1. The number of hydrogen-bond donors (Lipinski definition) is 1. The molecule has 0 spiro atoms. The van der Waals surface area contributed by atoms with Crippen LogP contribution in [0, 0.1) is 0 Å². The molecule has 1 aromatic carbocycles. The van der Waals surface area contributed by atoms with Crippen LogP contribution in [0.15, 0.2) is 24.3 Å². The number of alkyl halides is 1. The van der Waals surface area contributed by atoms with Crippen molar-refractivity contribution in [3.05, 3.63) is 35.4 Å². The third-order valence-electron chi connectivity index (χ3n) is 3.11. The molecule has 0 saturated heterocycles. The fourth-order valence-electron chi connectivity index (χ4n) is 1.65. The SMILES string of the molecule is CCc1ccc(C(=O)NC2(CCl)CC2)cc1. The van der Waals surface area contributed by atoms with Crippen LogP contribution in [-0.4, -0.2) is 17.3 Å². The summed E-state index contributed by atoms with van der Waals surface area (Å²) in [6, 6.07) is 7.74. The third-order valence-corrected chi connectivity index (χ3v) is 3.62. The fraction of sp³-hybridized carbons (Fsp3) is 0.462. The minimum atomic E-state index is -0.123. The first-order valence-corrected chi connectivity index (χ1v) is 6.20. The summed E-state index contributed by atoms with van der Waals surface area (Å²) in [6.07, 6.45) is 2.98. The molecule has 3 heteroatoms. The second-order valence-electron chi connectivity index (χ2n) is 4.42. The van der Waals surface area contributed by atoms with Crippen molar-refractivity contribution in [2.45, 2.75) is 31.7 Å². The second-order valence-corrected chi connectivity index (χ2v) is 4.69. The zero-order chi connectivity index (χ0) is 11.6. The van der Waals surface area contributed by atoms with Crippen molar-refractivity contribution in [1.82, 2.24) is 5.32 Å². The highest BCUT2D eigenvalue weighted by atomic mass is 35.5. The lowest BCUT2D eigenvalue weighted by atomic mass is 10.1. The van der Waals surface area contributed by atoms with E-state index in [4.69, 9.17) is 11.6 Å². The molecule has 0 aliphatic heterocycles. The van der Waals surface area contributed by atoms with Gasteiger partial charge in [-0.3, -0.25) is 4.79 Å². The molecule has 0 atom stereocenters. The van der Waals surface area contributed by atoms with E-state index in [1.54, 1.807) is 0 Å². The van der Waals surface area contributed by atoms with Gasteiger partial charge in [-0.25, -0.2) is 0 Å². The summed E-state index contributed by atoms with van der Waals surface area (Å²) in [6.45, 7) is 2.10. The highest BCUT2D eigenvalue weighted by molar-refractivity contribution is 6.19. The molecule has 1 amide bonds. The Labute approximate surface area is 101 Å². The van der Waals surface area contributed by atoms with Crippen LogP contribution in [0.2, 0.25) is 0 Å². The largest absolute Gasteiger partial charge is 0.345 e. The molecule has 1 aromatic rings. The number of aryl methyl sites for hydroxylation is 1. The van der Waals surface area contributed by atoms with Gasteiger partial charge in [-0.2, -0.15) is 0 Å². The van der Waals surface area contributed by atoms with E-state index in [1.165, 1.54) is 5.56 Å². The fourth-order valence-corrected chi connectivity index (χ4v) is 1.98. The van der Waals surface area contributed by atoms with Crippen molar-refractivity contribution in [1.29, 1.82) is 0 Å². The maximum atomic E-state index is 11.9. The smallest absolute Gasteiger partial charge is 0.251 e. The first-order valence-electron chi connectivity index (χ1n) is 5.66. The van der Waals surface area contributed by atoms with Gasteiger partial charge in [0.05, 0.1) is 5.54 Å². The lowest BCUT2D eigenvalue weighted by molar-refractivity contribution is 0.0936. The molecule has 1 saturated carbocycles. The number of carbonyl (C=O) groups excluding carboxylic acids is 1. The number of amides is 1. The molecule has 2 rings (SSSR count). The highest BCUT2D eigenvalue weighted by Gasteiger charge is 2.43. The Bertz CT molecular complexity index is 381. The van der Waals surface area contributed by atoms with E-state index in [0.717, 1.165) is 19.3 Å². The third kappa shape index (κ3) is 2.38. The first-order chi connectivity index (χ1) is 7.69. The van der Waals surface area contributed by atoms with Crippen molar-refractivity contribution in [3.8, 4) is 0 Å². The van der Waals surface area contributed by atoms with Crippen LogP contribution in [0.5, 0.6) is 0 Å². The van der Waals surface area contributed by atoms with Crippen molar-refractivity contribution in [2.75, 3.05) is 5.88 Å². The van der Waals surface area contributed by atoms with Crippen molar-refractivity contribution < 1.29 is 4.79 Å². The summed E-state index contributed by atoms with van der Waals surface area (Å²) in [5, 5.41) is 3.00. The molecular formula is C13H16ClNO. The molecule has 0 bridgehead atoms. The van der Waals surface area contributed by atoms with E-state index in [1.807, 2.05) is 24.3 Å².